The monoisotopic (exact) mass is 258 g/mol. The highest BCUT2D eigenvalue weighted by molar-refractivity contribution is 5.68. The minimum atomic E-state index is -0.840. The lowest BCUT2D eigenvalue weighted by atomic mass is 9.83. The smallest absolute Gasteiger partial charge is 0.410 e. The summed E-state index contributed by atoms with van der Waals surface area (Å²) in [7, 11) is 0. The first kappa shape index (κ1) is 15.2. The molecule has 106 valence electrons. The van der Waals surface area contributed by atoms with Crippen molar-refractivity contribution >= 4 is 6.09 Å². The van der Waals surface area contributed by atoms with Crippen LogP contribution in [-0.2, 0) is 4.74 Å². The Kier molecular flexibility index (Phi) is 4.61. The molecule has 3 N–H and O–H groups in total. The van der Waals surface area contributed by atoms with E-state index in [1.165, 1.54) is 0 Å². The predicted octanol–water partition coefficient (Wildman–Crippen LogP) is 1.49. The molecule has 0 bridgehead atoms. The third-order valence-corrected chi connectivity index (χ3v) is 3.41. The number of carbonyl (C=O) groups is 1. The van der Waals surface area contributed by atoms with E-state index in [1.807, 2.05) is 27.7 Å². The first-order chi connectivity index (χ1) is 8.18. The Balaban J connectivity index is 2.51. The summed E-state index contributed by atoms with van der Waals surface area (Å²) in [4.78, 5) is 13.5. The Labute approximate surface area is 109 Å². The van der Waals surface area contributed by atoms with Gasteiger partial charge in [-0.1, -0.05) is 6.92 Å². The molecule has 18 heavy (non-hydrogen) atoms. The van der Waals surface area contributed by atoms with Crippen LogP contribution in [0.25, 0.3) is 0 Å². The molecule has 0 saturated carbocycles. The van der Waals surface area contributed by atoms with Gasteiger partial charge in [0, 0.05) is 19.1 Å². The molecular weight excluding hydrogens is 232 g/mol. The third-order valence-electron chi connectivity index (χ3n) is 3.41. The topological polar surface area (TPSA) is 75.8 Å². The van der Waals surface area contributed by atoms with Crippen molar-refractivity contribution in [1.29, 1.82) is 0 Å². The maximum Gasteiger partial charge on any atom is 0.410 e. The fourth-order valence-electron chi connectivity index (χ4n) is 2.15. The number of hydrogen-bond donors (Lipinski definition) is 2. The SMILES string of the molecule is CCC(N)C1(O)CCN(C(=O)OC(C)(C)C)CC1. The number of piperidine rings is 1. The van der Waals surface area contributed by atoms with Crippen LogP contribution in [-0.4, -0.2) is 46.4 Å². The molecule has 5 nitrogen and oxygen atoms in total. The van der Waals surface area contributed by atoms with Crippen molar-refractivity contribution in [3.63, 3.8) is 0 Å². The van der Waals surface area contributed by atoms with Gasteiger partial charge in [-0.05, 0) is 40.0 Å². The molecule has 0 aromatic rings. The number of likely N-dealkylation sites (tertiary alicyclic amines) is 1. The number of hydrogen-bond acceptors (Lipinski definition) is 4. The highest BCUT2D eigenvalue weighted by Crippen LogP contribution is 2.27. The van der Waals surface area contributed by atoms with E-state index in [-0.39, 0.29) is 12.1 Å². The Morgan fingerprint density at radius 1 is 1.44 bits per heavy atom. The molecule has 1 aliphatic rings. The van der Waals surface area contributed by atoms with Crippen LogP contribution in [0, 0.1) is 0 Å². The average molecular weight is 258 g/mol. The lowest BCUT2D eigenvalue weighted by molar-refractivity contribution is -0.0473. The van der Waals surface area contributed by atoms with E-state index in [0.717, 1.165) is 6.42 Å². The fourth-order valence-corrected chi connectivity index (χ4v) is 2.15. The lowest BCUT2D eigenvalue weighted by Crippen LogP contribution is -2.55. The van der Waals surface area contributed by atoms with Crippen LogP contribution in [0.1, 0.15) is 47.0 Å². The first-order valence-electron chi connectivity index (χ1n) is 6.64. The second kappa shape index (κ2) is 5.45. The van der Waals surface area contributed by atoms with E-state index in [2.05, 4.69) is 0 Å². The van der Waals surface area contributed by atoms with Crippen molar-refractivity contribution in [3.05, 3.63) is 0 Å². The number of aliphatic hydroxyl groups is 1. The highest BCUT2D eigenvalue weighted by atomic mass is 16.6. The van der Waals surface area contributed by atoms with Gasteiger partial charge in [0.1, 0.15) is 5.60 Å². The molecule has 1 fully saturated rings. The molecule has 1 heterocycles. The van der Waals surface area contributed by atoms with Gasteiger partial charge in [-0.15, -0.1) is 0 Å². The van der Waals surface area contributed by atoms with E-state index >= 15 is 0 Å². The number of rotatable bonds is 2. The highest BCUT2D eigenvalue weighted by Gasteiger charge is 2.38. The summed E-state index contributed by atoms with van der Waals surface area (Å²) in [5.74, 6) is 0. The van der Waals surface area contributed by atoms with Gasteiger partial charge in [0.25, 0.3) is 0 Å². The van der Waals surface area contributed by atoms with E-state index in [0.29, 0.717) is 25.9 Å². The van der Waals surface area contributed by atoms with Gasteiger partial charge in [0.05, 0.1) is 5.60 Å². The van der Waals surface area contributed by atoms with Gasteiger partial charge in [-0.25, -0.2) is 4.79 Å². The van der Waals surface area contributed by atoms with E-state index in [1.54, 1.807) is 4.90 Å². The largest absolute Gasteiger partial charge is 0.444 e. The van der Waals surface area contributed by atoms with Crippen LogP contribution < -0.4 is 5.73 Å². The van der Waals surface area contributed by atoms with Crippen molar-refractivity contribution in [1.82, 2.24) is 4.90 Å². The van der Waals surface area contributed by atoms with Crippen LogP contribution in [0.5, 0.6) is 0 Å². The van der Waals surface area contributed by atoms with Crippen LogP contribution in [0.3, 0.4) is 0 Å². The van der Waals surface area contributed by atoms with Gasteiger partial charge in [-0.2, -0.15) is 0 Å². The second-order valence-corrected chi connectivity index (χ2v) is 6.09. The van der Waals surface area contributed by atoms with Gasteiger partial charge in [-0.3, -0.25) is 0 Å². The maximum absolute atomic E-state index is 11.9. The molecule has 0 aromatic heterocycles. The number of amides is 1. The Morgan fingerprint density at radius 3 is 2.33 bits per heavy atom. The molecule has 1 atom stereocenters. The van der Waals surface area contributed by atoms with Crippen molar-refractivity contribution in [2.45, 2.75) is 64.2 Å². The summed E-state index contributed by atoms with van der Waals surface area (Å²) < 4.78 is 5.31. The van der Waals surface area contributed by atoms with Crippen molar-refractivity contribution in [2.75, 3.05) is 13.1 Å². The van der Waals surface area contributed by atoms with Crippen molar-refractivity contribution in [2.24, 2.45) is 5.73 Å². The summed E-state index contributed by atoms with van der Waals surface area (Å²) in [6.45, 7) is 8.50. The summed E-state index contributed by atoms with van der Waals surface area (Å²) in [5, 5.41) is 10.4. The summed E-state index contributed by atoms with van der Waals surface area (Å²) >= 11 is 0. The van der Waals surface area contributed by atoms with Crippen LogP contribution >= 0.6 is 0 Å². The molecule has 0 spiro atoms. The first-order valence-corrected chi connectivity index (χ1v) is 6.64. The number of carbonyl (C=O) groups excluding carboxylic acids is 1. The molecule has 0 aromatic carbocycles. The van der Waals surface area contributed by atoms with E-state index in [9.17, 15) is 9.90 Å². The minimum absolute atomic E-state index is 0.224. The average Bonchev–Trinajstić information content (AvgIpc) is 2.26. The van der Waals surface area contributed by atoms with Gasteiger partial charge in [0.15, 0.2) is 0 Å². The number of nitrogens with two attached hydrogens (primary N) is 1. The molecule has 0 radical (unpaired) electrons. The zero-order chi connectivity index (χ0) is 14.0. The lowest BCUT2D eigenvalue weighted by Gasteiger charge is -2.41. The summed E-state index contributed by atoms with van der Waals surface area (Å²) in [6, 6.07) is -0.224. The van der Waals surface area contributed by atoms with Crippen molar-refractivity contribution in [3.8, 4) is 0 Å². The van der Waals surface area contributed by atoms with Crippen LogP contribution in [0.4, 0.5) is 4.79 Å². The third kappa shape index (κ3) is 3.85. The second-order valence-electron chi connectivity index (χ2n) is 6.09. The molecular formula is C13H26N2O3. The molecule has 5 heteroatoms. The summed E-state index contributed by atoms with van der Waals surface area (Å²) in [6.07, 6.45) is 1.46. The minimum Gasteiger partial charge on any atom is -0.444 e. The number of nitrogens with zero attached hydrogens (tertiary/aromatic N) is 1. The predicted molar refractivity (Wildman–Crippen MR) is 70.3 cm³/mol. The normalized spacial score (nSPS) is 21.6. The quantitative estimate of drug-likeness (QED) is 0.786. The zero-order valence-electron chi connectivity index (χ0n) is 11.9. The van der Waals surface area contributed by atoms with Crippen LogP contribution in [0.15, 0.2) is 0 Å². The number of ether oxygens (including phenoxy) is 1. The maximum atomic E-state index is 11.9. The molecule has 0 aliphatic carbocycles. The van der Waals surface area contributed by atoms with Gasteiger partial charge >= 0.3 is 6.09 Å². The Morgan fingerprint density at radius 2 is 1.94 bits per heavy atom. The molecule has 1 amide bonds. The molecule has 1 unspecified atom stereocenters. The Hall–Kier alpha value is -0.810. The summed E-state index contributed by atoms with van der Waals surface area (Å²) in [5.41, 5.74) is 4.60. The van der Waals surface area contributed by atoms with Gasteiger partial charge in [0.2, 0.25) is 0 Å². The van der Waals surface area contributed by atoms with E-state index in [4.69, 9.17) is 10.5 Å². The molecule has 1 rings (SSSR count). The fraction of sp³-hybridized carbons (Fsp3) is 0.923. The zero-order valence-corrected chi connectivity index (χ0v) is 11.9. The molecule has 1 saturated heterocycles. The standard InChI is InChI=1S/C13H26N2O3/c1-5-10(14)13(17)6-8-15(9-7-13)11(16)18-12(2,3)4/h10,17H,5-9,14H2,1-4H3. The molecule has 1 aliphatic heterocycles. The van der Waals surface area contributed by atoms with Gasteiger partial charge < -0.3 is 20.5 Å². The van der Waals surface area contributed by atoms with E-state index < -0.39 is 11.2 Å². The Bertz CT molecular complexity index is 291. The van der Waals surface area contributed by atoms with Crippen LogP contribution in [0.2, 0.25) is 0 Å². The van der Waals surface area contributed by atoms with Crippen molar-refractivity contribution < 1.29 is 14.6 Å².